The number of aromatic nitrogens is 2. The van der Waals surface area contributed by atoms with Crippen molar-refractivity contribution in [1.82, 2.24) is 20.6 Å². The number of H-pyrrole nitrogens is 1. The molecule has 1 saturated carbocycles. The maximum Gasteiger partial charge on any atom is 0.190 e. The summed E-state index contributed by atoms with van der Waals surface area (Å²) in [6.45, 7) is 4.23. The first-order valence-corrected chi connectivity index (χ1v) is 9.13. The lowest BCUT2D eigenvalue weighted by Crippen LogP contribution is -2.46. The van der Waals surface area contributed by atoms with Crippen molar-refractivity contribution < 1.29 is 0 Å². The number of nitrogens with one attached hydrogen (secondary N) is 3. The minimum atomic E-state index is 0. The van der Waals surface area contributed by atoms with Gasteiger partial charge in [-0.1, -0.05) is 25.5 Å². The molecule has 0 spiro atoms. The first-order chi connectivity index (χ1) is 11.7. The molecule has 1 aromatic heterocycles. The average molecular weight is 455 g/mol. The number of para-hydroxylation sites is 2. The van der Waals surface area contributed by atoms with Crippen molar-refractivity contribution in [2.24, 2.45) is 10.4 Å². The Hall–Kier alpha value is -1.31. The second kappa shape index (κ2) is 9.40. The number of hydrogen-bond donors (Lipinski definition) is 3. The summed E-state index contributed by atoms with van der Waals surface area (Å²) in [5.41, 5.74) is 2.66. The average Bonchev–Trinajstić information content (AvgIpc) is 2.98. The van der Waals surface area contributed by atoms with Crippen LogP contribution in [0.4, 0.5) is 0 Å². The first kappa shape index (κ1) is 20.0. The van der Waals surface area contributed by atoms with Gasteiger partial charge in [0.25, 0.3) is 0 Å². The van der Waals surface area contributed by atoms with Crippen LogP contribution in [0.3, 0.4) is 0 Å². The molecular weight excluding hydrogens is 425 g/mol. The van der Waals surface area contributed by atoms with Crippen molar-refractivity contribution >= 4 is 41.0 Å². The predicted molar refractivity (Wildman–Crippen MR) is 116 cm³/mol. The number of nitrogens with zero attached hydrogens (tertiary/aromatic N) is 2. The molecule has 3 N–H and O–H groups in total. The Kier molecular flexibility index (Phi) is 7.53. The van der Waals surface area contributed by atoms with E-state index in [-0.39, 0.29) is 24.0 Å². The van der Waals surface area contributed by atoms with Gasteiger partial charge in [0.15, 0.2) is 5.96 Å². The van der Waals surface area contributed by atoms with Gasteiger partial charge in [0.1, 0.15) is 5.82 Å². The Morgan fingerprint density at radius 3 is 2.72 bits per heavy atom. The van der Waals surface area contributed by atoms with Gasteiger partial charge in [-0.25, -0.2) is 4.98 Å². The number of hydrogen-bond acceptors (Lipinski definition) is 2. The van der Waals surface area contributed by atoms with Gasteiger partial charge in [-0.15, -0.1) is 24.0 Å². The Balaban J connectivity index is 0.00000225. The van der Waals surface area contributed by atoms with Crippen LogP contribution >= 0.6 is 24.0 Å². The first-order valence-electron chi connectivity index (χ1n) is 9.13. The maximum atomic E-state index is 4.62. The molecule has 1 aliphatic carbocycles. The van der Waals surface area contributed by atoms with Crippen LogP contribution in [0.2, 0.25) is 0 Å². The van der Waals surface area contributed by atoms with Crippen LogP contribution in [-0.2, 0) is 6.42 Å². The zero-order chi connectivity index (χ0) is 16.8. The van der Waals surface area contributed by atoms with Crippen LogP contribution in [0, 0.1) is 5.41 Å². The summed E-state index contributed by atoms with van der Waals surface area (Å²) in [5.74, 6) is 1.97. The quantitative estimate of drug-likeness (QED) is 0.257. The molecule has 25 heavy (non-hydrogen) atoms. The topological polar surface area (TPSA) is 65.1 Å². The molecule has 0 aliphatic heterocycles. The number of fused-ring (bicyclic) bond motifs is 1. The molecule has 1 aromatic carbocycles. The molecule has 0 atom stereocenters. The molecule has 2 aromatic rings. The molecule has 0 saturated heterocycles. The number of halogens is 1. The van der Waals surface area contributed by atoms with E-state index in [0.717, 1.165) is 48.7 Å². The van der Waals surface area contributed by atoms with Crippen LogP contribution in [-0.4, -0.2) is 36.1 Å². The molecule has 6 heteroatoms. The Labute approximate surface area is 167 Å². The van der Waals surface area contributed by atoms with Gasteiger partial charge in [-0.2, -0.15) is 0 Å². The van der Waals surface area contributed by atoms with Crippen LogP contribution in [0.5, 0.6) is 0 Å². The van der Waals surface area contributed by atoms with Crippen LogP contribution in [0.15, 0.2) is 29.3 Å². The van der Waals surface area contributed by atoms with Crippen LogP contribution in [0.25, 0.3) is 11.0 Å². The van der Waals surface area contributed by atoms with E-state index in [1.54, 1.807) is 0 Å². The van der Waals surface area contributed by atoms with E-state index in [9.17, 15) is 0 Å². The standard InChI is InChI=1S/C19H29N5.HI/c1-3-19(11-7-12-19)14-22-18(20-2)21-13-6-10-17-23-15-8-4-5-9-16(15)24-17;/h4-5,8-9H,3,6-7,10-14H2,1-2H3,(H,23,24)(H2,20,21,22);1H. The van der Waals surface area contributed by atoms with Gasteiger partial charge in [-0.3, -0.25) is 4.99 Å². The number of imidazole rings is 1. The molecule has 1 fully saturated rings. The molecule has 0 amide bonds. The highest BCUT2D eigenvalue weighted by Crippen LogP contribution is 2.42. The second-order valence-electron chi connectivity index (χ2n) is 6.86. The molecule has 138 valence electrons. The molecule has 0 radical (unpaired) electrons. The molecular formula is C19H30IN5. The van der Waals surface area contributed by atoms with Gasteiger partial charge in [0, 0.05) is 26.6 Å². The number of benzene rings is 1. The zero-order valence-electron chi connectivity index (χ0n) is 15.3. The van der Waals surface area contributed by atoms with Crippen molar-refractivity contribution in [2.75, 3.05) is 20.1 Å². The minimum Gasteiger partial charge on any atom is -0.356 e. The number of aromatic amines is 1. The fourth-order valence-corrected chi connectivity index (χ4v) is 3.41. The summed E-state index contributed by atoms with van der Waals surface area (Å²) in [4.78, 5) is 12.3. The normalized spacial score (nSPS) is 16.2. The van der Waals surface area contributed by atoms with E-state index < -0.39 is 0 Å². The van der Waals surface area contributed by atoms with Gasteiger partial charge >= 0.3 is 0 Å². The number of aryl methyl sites for hydroxylation is 1. The van der Waals surface area contributed by atoms with Crippen molar-refractivity contribution in [3.63, 3.8) is 0 Å². The largest absolute Gasteiger partial charge is 0.356 e. The summed E-state index contributed by atoms with van der Waals surface area (Å²) in [6.07, 6.45) is 7.29. The third kappa shape index (κ3) is 5.09. The smallest absolute Gasteiger partial charge is 0.190 e. The van der Waals surface area contributed by atoms with Gasteiger partial charge < -0.3 is 15.6 Å². The summed E-state index contributed by atoms with van der Waals surface area (Å²) in [7, 11) is 1.84. The number of rotatable bonds is 7. The van der Waals surface area contributed by atoms with Crippen molar-refractivity contribution in [2.45, 2.75) is 45.4 Å². The van der Waals surface area contributed by atoms with Crippen molar-refractivity contribution in [3.05, 3.63) is 30.1 Å². The molecule has 1 aliphatic rings. The fourth-order valence-electron chi connectivity index (χ4n) is 3.41. The molecule has 3 rings (SSSR count). The monoisotopic (exact) mass is 455 g/mol. The number of aliphatic imine (C=N–C) groups is 1. The van der Waals surface area contributed by atoms with E-state index in [2.05, 4.69) is 38.6 Å². The zero-order valence-corrected chi connectivity index (χ0v) is 17.6. The van der Waals surface area contributed by atoms with Gasteiger partial charge in [0.05, 0.1) is 11.0 Å². The molecule has 5 nitrogen and oxygen atoms in total. The summed E-state index contributed by atoms with van der Waals surface area (Å²) in [5, 5.41) is 6.91. The van der Waals surface area contributed by atoms with Gasteiger partial charge in [-0.05, 0) is 43.2 Å². The van der Waals surface area contributed by atoms with E-state index in [1.807, 2.05) is 25.2 Å². The summed E-state index contributed by atoms with van der Waals surface area (Å²) in [6, 6.07) is 8.17. The highest BCUT2D eigenvalue weighted by atomic mass is 127. The summed E-state index contributed by atoms with van der Waals surface area (Å²) >= 11 is 0. The van der Waals surface area contributed by atoms with Crippen LogP contribution < -0.4 is 10.6 Å². The van der Waals surface area contributed by atoms with E-state index >= 15 is 0 Å². The maximum absolute atomic E-state index is 4.62. The van der Waals surface area contributed by atoms with Crippen LogP contribution in [0.1, 0.15) is 44.9 Å². The lowest BCUT2D eigenvalue weighted by molar-refractivity contribution is 0.131. The highest BCUT2D eigenvalue weighted by Gasteiger charge is 2.34. The summed E-state index contributed by atoms with van der Waals surface area (Å²) < 4.78 is 0. The lowest BCUT2D eigenvalue weighted by atomic mass is 9.67. The van der Waals surface area contributed by atoms with E-state index in [4.69, 9.17) is 0 Å². The lowest BCUT2D eigenvalue weighted by Gasteiger charge is -2.41. The second-order valence-corrected chi connectivity index (χ2v) is 6.86. The molecule has 0 bridgehead atoms. The van der Waals surface area contributed by atoms with E-state index in [0.29, 0.717) is 5.41 Å². The third-order valence-electron chi connectivity index (χ3n) is 5.34. The van der Waals surface area contributed by atoms with Gasteiger partial charge in [0.2, 0.25) is 0 Å². The number of guanidine groups is 1. The molecule has 1 heterocycles. The Bertz CT molecular complexity index is 651. The van der Waals surface area contributed by atoms with Crippen molar-refractivity contribution in [3.8, 4) is 0 Å². The highest BCUT2D eigenvalue weighted by molar-refractivity contribution is 14.0. The third-order valence-corrected chi connectivity index (χ3v) is 5.34. The SMILES string of the molecule is CCC1(CNC(=NC)NCCCc2nc3ccccc3[nH]2)CCC1.I. The minimum absolute atomic E-state index is 0. The fraction of sp³-hybridized carbons (Fsp3) is 0.579. The van der Waals surface area contributed by atoms with E-state index in [1.165, 1.54) is 25.7 Å². The van der Waals surface area contributed by atoms with Crippen molar-refractivity contribution in [1.29, 1.82) is 0 Å². The molecule has 0 unspecified atom stereocenters. The Morgan fingerprint density at radius 2 is 2.08 bits per heavy atom. The predicted octanol–water partition coefficient (Wildman–Crippen LogP) is 3.86. The Morgan fingerprint density at radius 1 is 1.28 bits per heavy atom.